The monoisotopic (exact) mass is 258 g/mol. The van der Waals surface area contributed by atoms with Crippen molar-refractivity contribution < 1.29 is 4.79 Å². The molecule has 0 saturated carbocycles. The van der Waals surface area contributed by atoms with Gasteiger partial charge in [0.25, 0.3) is 5.91 Å². The Hall–Kier alpha value is -2.45. The zero-order valence-corrected chi connectivity index (χ0v) is 9.85. The molecule has 1 aromatic heterocycles. The number of anilines is 1. The highest BCUT2D eigenvalue weighted by atomic mass is 35.5. The number of nitrogens with one attached hydrogen (secondary N) is 1. The van der Waals surface area contributed by atoms with E-state index in [9.17, 15) is 4.79 Å². The molecule has 0 aliphatic rings. The average molecular weight is 259 g/mol. The molecule has 18 heavy (non-hydrogen) atoms. The minimum absolute atomic E-state index is 0.307. The van der Waals surface area contributed by atoms with Crippen molar-refractivity contribution in [3.8, 4) is 6.07 Å². The molecule has 0 fully saturated rings. The van der Waals surface area contributed by atoms with E-state index < -0.39 is 5.91 Å². The number of carbonyl (C=O) groups excluding carboxylic acids is 1. The van der Waals surface area contributed by atoms with Gasteiger partial charge in [0, 0.05) is 17.4 Å². The number of hydrogen-bond acceptors (Lipinski definition) is 4. The van der Waals surface area contributed by atoms with Crippen LogP contribution in [-0.2, 0) is 0 Å². The van der Waals surface area contributed by atoms with Crippen molar-refractivity contribution in [3.63, 3.8) is 0 Å². The first-order valence-corrected chi connectivity index (χ1v) is 5.34. The maximum Gasteiger partial charge on any atom is 0.258 e. The van der Waals surface area contributed by atoms with E-state index in [1.54, 1.807) is 12.1 Å². The smallest absolute Gasteiger partial charge is 0.258 e. The predicted octanol–water partition coefficient (Wildman–Crippen LogP) is 2.25. The van der Waals surface area contributed by atoms with E-state index in [0.29, 0.717) is 21.8 Å². The minimum Gasteiger partial charge on any atom is -0.321 e. The van der Waals surface area contributed by atoms with Crippen molar-refractivity contribution in [1.82, 2.24) is 9.97 Å². The molecule has 0 saturated heterocycles. The second-order valence-electron chi connectivity index (χ2n) is 3.38. The normalized spacial score (nSPS) is 9.56. The quantitative estimate of drug-likeness (QED) is 0.896. The van der Waals surface area contributed by atoms with E-state index in [1.807, 2.05) is 6.07 Å². The largest absolute Gasteiger partial charge is 0.321 e. The van der Waals surface area contributed by atoms with Gasteiger partial charge in [0.2, 0.25) is 0 Å². The minimum atomic E-state index is -0.394. The van der Waals surface area contributed by atoms with E-state index in [0.717, 1.165) is 0 Å². The summed E-state index contributed by atoms with van der Waals surface area (Å²) in [5.74, 6) is -0.394. The third kappa shape index (κ3) is 2.62. The summed E-state index contributed by atoms with van der Waals surface area (Å²) in [6.07, 6.45) is 4.11. The summed E-state index contributed by atoms with van der Waals surface area (Å²) in [6, 6.07) is 6.62. The van der Waals surface area contributed by atoms with E-state index in [2.05, 4.69) is 15.3 Å². The number of benzene rings is 1. The molecule has 0 aliphatic carbocycles. The van der Waals surface area contributed by atoms with Crippen LogP contribution >= 0.6 is 11.6 Å². The molecule has 5 nitrogen and oxygen atoms in total. The van der Waals surface area contributed by atoms with Gasteiger partial charge in [-0.1, -0.05) is 11.6 Å². The zero-order valence-electron chi connectivity index (χ0n) is 9.09. The first-order chi connectivity index (χ1) is 8.70. The molecule has 0 unspecified atom stereocenters. The molecule has 88 valence electrons. The molecule has 0 radical (unpaired) electrons. The van der Waals surface area contributed by atoms with E-state index >= 15 is 0 Å². The second-order valence-corrected chi connectivity index (χ2v) is 3.82. The Kier molecular flexibility index (Phi) is 3.51. The molecule has 0 atom stereocenters. The first-order valence-electron chi connectivity index (χ1n) is 4.96. The fourth-order valence-corrected chi connectivity index (χ4v) is 1.50. The molecule has 6 heteroatoms. The molecule has 1 heterocycles. The van der Waals surface area contributed by atoms with Gasteiger partial charge in [-0.2, -0.15) is 5.26 Å². The summed E-state index contributed by atoms with van der Waals surface area (Å²) in [5.41, 5.74) is 1.00. The maximum absolute atomic E-state index is 11.8. The summed E-state index contributed by atoms with van der Waals surface area (Å²) in [7, 11) is 0. The number of amides is 1. The number of hydrogen-bond donors (Lipinski definition) is 1. The molecule has 1 N–H and O–H groups in total. The third-order valence-corrected chi connectivity index (χ3v) is 2.41. The van der Waals surface area contributed by atoms with Gasteiger partial charge in [0.1, 0.15) is 12.4 Å². The van der Waals surface area contributed by atoms with Gasteiger partial charge in [-0.15, -0.1) is 0 Å². The standard InChI is InChI=1S/C12H7ClN4O/c13-10-2-1-8(4-14)11(3-10)17-12(18)9-5-15-7-16-6-9/h1-3,5-7H,(H,17,18). The van der Waals surface area contributed by atoms with Crippen LogP contribution in [0.3, 0.4) is 0 Å². The summed E-state index contributed by atoms with van der Waals surface area (Å²) in [4.78, 5) is 19.3. The van der Waals surface area contributed by atoms with Crippen molar-refractivity contribution >= 4 is 23.2 Å². The van der Waals surface area contributed by atoms with Crippen molar-refractivity contribution in [1.29, 1.82) is 5.26 Å². The lowest BCUT2D eigenvalue weighted by Crippen LogP contribution is -2.13. The lowest BCUT2D eigenvalue weighted by molar-refractivity contribution is 0.102. The maximum atomic E-state index is 11.8. The number of aromatic nitrogens is 2. The van der Waals surface area contributed by atoms with Gasteiger partial charge in [-0.05, 0) is 18.2 Å². The Morgan fingerprint density at radius 2 is 2.06 bits per heavy atom. The fourth-order valence-electron chi connectivity index (χ4n) is 1.33. The van der Waals surface area contributed by atoms with Crippen molar-refractivity contribution in [2.75, 3.05) is 5.32 Å². The summed E-state index contributed by atoms with van der Waals surface area (Å²) < 4.78 is 0. The summed E-state index contributed by atoms with van der Waals surface area (Å²) >= 11 is 5.82. The van der Waals surface area contributed by atoms with E-state index in [4.69, 9.17) is 16.9 Å². The van der Waals surface area contributed by atoms with Gasteiger partial charge in [-0.25, -0.2) is 9.97 Å². The molecule has 2 aromatic rings. The Morgan fingerprint density at radius 1 is 1.33 bits per heavy atom. The summed E-state index contributed by atoms with van der Waals surface area (Å²) in [5, 5.41) is 12.0. The summed E-state index contributed by atoms with van der Waals surface area (Å²) in [6.45, 7) is 0. The zero-order chi connectivity index (χ0) is 13.0. The first kappa shape index (κ1) is 12.0. The van der Waals surface area contributed by atoms with E-state index in [1.165, 1.54) is 24.8 Å². The number of nitrogens with zero attached hydrogens (tertiary/aromatic N) is 3. The fraction of sp³-hybridized carbons (Fsp3) is 0. The van der Waals surface area contributed by atoms with Crippen molar-refractivity contribution in [2.24, 2.45) is 0 Å². The average Bonchev–Trinajstić information content (AvgIpc) is 2.40. The number of halogens is 1. The molecule has 0 aliphatic heterocycles. The van der Waals surface area contributed by atoms with Gasteiger partial charge < -0.3 is 5.32 Å². The molecular weight excluding hydrogens is 252 g/mol. The Balaban J connectivity index is 2.28. The molecular formula is C12H7ClN4O. The highest BCUT2D eigenvalue weighted by Crippen LogP contribution is 2.20. The van der Waals surface area contributed by atoms with Crippen LogP contribution in [0, 0.1) is 11.3 Å². The van der Waals surface area contributed by atoms with Crippen LogP contribution < -0.4 is 5.32 Å². The SMILES string of the molecule is N#Cc1ccc(Cl)cc1NC(=O)c1cncnc1. The lowest BCUT2D eigenvalue weighted by Gasteiger charge is -2.06. The van der Waals surface area contributed by atoms with E-state index in [-0.39, 0.29) is 0 Å². The Labute approximate surface area is 108 Å². The predicted molar refractivity (Wildman–Crippen MR) is 66.2 cm³/mol. The van der Waals surface area contributed by atoms with Gasteiger partial charge in [-0.3, -0.25) is 4.79 Å². The van der Waals surface area contributed by atoms with Gasteiger partial charge >= 0.3 is 0 Å². The lowest BCUT2D eigenvalue weighted by atomic mass is 10.2. The highest BCUT2D eigenvalue weighted by molar-refractivity contribution is 6.31. The number of rotatable bonds is 2. The van der Waals surface area contributed by atoms with Crippen LogP contribution in [0.25, 0.3) is 0 Å². The van der Waals surface area contributed by atoms with Crippen molar-refractivity contribution in [3.05, 3.63) is 53.1 Å². The van der Waals surface area contributed by atoms with Crippen molar-refractivity contribution in [2.45, 2.75) is 0 Å². The van der Waals surface area contributed by atoms with Crippen LogP contribution in [-0.4, -0.2) is 15.9 Å². The van der Waals surface area contributed by atoms with Crippen LogP contribution in [0.1, 0.15) is 15.9 Å². The van der Waals surface area contributed by atoms with Gasteiger partial charge in [0.15, 0.2) is 0 Å². The van der Waals surface area contributed by atoms with Gasteiger partial charge in [0.05, 0.1) is 16.8 Å². The van der Waals surface area contributed by atoms with Crippen LogP contribution in [0.4, 0.5) is 5.69 Å². The van der Waals surface area contributed by atoms with Crippen LogP contribution in [0.15, 0.2) is 36.9 Å². The molecule has 1 amide bonds. The molecule has 2 rings (SSSR count). The molecule has 0 bridgehead atoms. The highest BCUT2D eigenvalue weighted by Gasteiger charge is 2.09. The number of nitriles is 1. The number of carbonyl (C=O) groups is 1. The topological polar surface area (TPSA) is 78.7 Å². The second kappa shape index (κ2) is 5.25. The van der Waals surface area contributed by atoms with Crippen LogP contribution in [0.2, 0.25) is 5.02 Å². The van der Waals surface area contributed by atoms with Crippen LogP contribution in [0.5, 0.6) is 0 Å². The Morgan fingerprint density at radius 3 is 2.72 bits per heavy atom. The molecule has 0 spiro atoms. The molecule has 1 aromatic carbocycles. The Bertz CT molecular complexity index is 622. The third-order valence-electron chi connectivity index (χ3n) is 2.17.